The SMILES string of the molecule is CC(C)(C)OC(=O)N1C(=O)[C@@](F)(Cc2ccccc2)c2ccccc21. The van der Waals surface area contributed by atoms with Crippen molar-refractivity contribution in [2.75, 3.05) is 4.90 Å². The molecule has 1 atom stereocenters. The summed E-state index contributed by atoms with van der Waals surface area (Å²) in [4.78, 5) is 26.2. The lowest BCUT2D eigenvalue weighted by Gasteiger charge is -2.24. The first-order valence-corrected chi connectivity index (χ1v) is 8.12. The van der Waals surface area contributed by atoms with E-state index in [-0.39, 0.29) is 17.7 Å². The molecule has 25 heavy (non-hydrogen) atoms. The van der Waals surface area contributed by atoms with E-state index in [0.29, 0.717) is 5.56 Å². The molecule has 2 aromatic carbocycles. The zero-order chi connectivity index (χ0) is 18.2. The maximum atomic E-state index is 15.8. The highest BCUT2D eigenvalue weighted by Crippen LogP contribution is 2.45. The van der Waals surface area contributed by atoms with Crippen LogP contribution in [0, 0.1) is 0 Å². The van der Waals surface area contributed by atoms with Crippen molar-refractivity contribution in [1.29, 1.82) is 0 Å². The van der Waals surface area contributed by atoms with Crippen LogP contribution in [0.4, 0.5) is 14.9 Å². The first-order chi connectivity index (χ1) is 11.7. The number of hydrogen-bond acceptors (Lipinski definition) is 3. The third-order valence-electron chi connectivity index (χ3n) is 3.98. The Kier molecular flexibility index (Phi) is 4.11. The Morgan fingerprint density at radius 1 is 1.08 bits per heavy atom. The lowest BCUT2D eigenvalue weighted by atomic mass is 9.90. The van der Waals surface area contributed by atoms with Crippen LogP contribution in [0.3, 0.4) is 0 Å². The molecule has 130 valence electrons. The maximum absolute atomic E-state index is 15.8. The fourth-order valence-electron chi connectivity index (χ4n) is 2.94. The third kappa shape index (κ3) is 3.14. The number of ether oxygens (including phenoxy) is 1. The maximum Gasteiger partial charge on any atom is 0.421 e. The number of amides is 2. The Balaban J connectivity index is 2.02. The van der Waals surface area contributed by atoms with Crippen molar-refractivity contribution in [3.8, 4) is 0 Å². The molecule has 3 rings (SSSR count). The van der Waals surface area contributed by atoms with E-state index in [0.717, 1.165) is 4.90 Å². The fraction of sp³-hybridized carbons (Fsp3) is 0.300. The third-order valence-corrected chi connectivity index (χ3v) is 3.98. The second-order valence-corrected chi connectivity index (χ2v) is 7.10. The summed E-state index contributed by atoms with van der Waals surface area (Å²) < 4.78 is 21.1. The monoisotopic (exact) mass is 341 g/mol. The Labute approximate surface area is 146 Å². The fourth-order valence-corrected chi connectivity index (χ4v) is 2.94. The number of benzene rings is 2. The molecule has 0 spiro atoms. The number of rotatable bonds is 2. The van der Waals surface area contributed by atoms with Crippen LogP contribution in [0.1, 0.15) is 31.9 Å². The second kappa shape index (κ2) is 5.99. The number of nitrogens with zero attached hydrogens (tertiary/aromatic N) is 1. The molecule has 0 aliphatic carbocycles. The molecule has 0 bridgehead atoms. The molecule has 0 saturated carbocycles. The van der Waals surface area contributed by atoms with E-state index in [1.807, 2.05) is 6.07 Å². The van der Waals surface area contributed by atoms with E-state index in [1.54, 1.807) is 69.3 Å². The van der Waals surface area contributed by atoms with Crippen LogP contribution in [0.25, 0.3) is 0 Å². The molecule has 2 amide bonds. The van der Waals surface area contributed by atoms with E-state index in [2.05, 4.69) is 0 Å². The Morgan fingerprint density at radius 3 is 2.32 bits per heavy atom. The lowest BCUT2D eigenvalue weighted by Crippen LogP contribution is -2.44. The summed E-state index contributed by atoms with van der Waals surface area (Å²) in [5.74, 6) is -0.910. The van der Waals surface area contributed by atoms with Gasteiger partial charge in [-0.3, -0.25) is 4.79 Å². The van der Waals surface area contributed by atoms with Gasteiger partial charge in [-0.15, -0.1) is 0 Å². The summed E-state index contributed by atoms with van der Waals surface area (Å²) >= 11 is 0. The van der Waals surface area contributed by atoms with Gasteiger partial charge < -0.3 is 4.74 Å². The standard InChI is InChI=1S/C20H20FNO3/c1-19(2,3)25-18(24)22-16-12-8-7-11-15(16)20(21,17(22)23)13-14-9-5-4-6-10-14/h4-12H,13H2,1-3H3/t20-/m1/s1. The average Bonchev–Trinajstić information content (AvgIpc) is 2.75. The van der Waals surface area contributed by atoms with E-state index >= 15 is 4.39 Å². The minimum atomic E-state index is -2.30. The predicted octanol–water partition coefficient (Wildman–Crippen LogP) is 4.38. The highest BCUT2D eigenvalue weighted by atomic mass is 19.1. The van der Waals surface area contributed by atoms with Crippen molar-refractivity contribution < 1.29 is 18.7 Å². The van der Waals surface area contributed by atoms with Gasteiger partial charge in [0.05, 0.1) is 5.69 Å². The van der Waals surface area contributed by atoms with Crippen molar-refractivity contribution in [3.63, 3.8) is 0 Å². The average molecular weight is 341 g/mol. The van der Waals surface area contributed by atoms with Crippen LogP contribution in [-0.2, 0) is 21.6 Å². The van der Waals surface area contributed by atoms with Gasteiger partial charge in [0.1, 0.15) is 5.60 Å². The summed E-state index contributed by atoms with van der Waals surface area (Å²) in [5.41, 5.74) is -1.98. The van der Waals surface area contributed by atoms with Gasteiger partial charge in [-0.1, -0.05) is 48.5 Å². The molecular formula is C20H20FNO3. The highest BCUT2D eigenvalue weighted by Gasteiger charge is 2.54. The van der Waals surface area contributed by atoms with E-state index < -0.39 is 23.3 Å². The van der Waals surface area contributed by atoms with Gasteiger partial charge in [0.2, 0.25) is 5.67 Å². The number of alkyl halides is 1. The number of halogens is 1. The molecule has 0 fully saturated rings. The van der Waals surface area contributed by atoms with Crippen molar-refractivity contribution in [2.45, 2.75) is 38.5 Å². The molecule has 1 heterocycles. The molecule has 2 aromatic rings. The smallest absolute Gasteiger partial charge is 0.421 e. The number of hydrogen-bond donors (Lipinski definition) is 0. The van der Waals surface area contributed by atoms with Crippen molar-refractivity contribution in [3.05, 3.63) is 65.7 Å². The van der Waals surface area contributed by atoms with Crippen molar-refractivity contribution in [2.24, 2.45) is 0 Å². The first kappa shape index (κ1) is 17.1. The number of imide groups is 1. The molecule has 5 heteroatoms. The number of anilines is 1. The number of carbonyl (C=O) groups excluding carboxylic acids is 2. The minimum Gasteiger partial charge on any atom is -0.443 e. The highest BCUT2D eigenvalue weighted by molar-refractivity contribution is 6.20. The van der Waals surface area contributed by atoms with Gasteiger partial charge in [-0.25, -0.2) is 14.1 Å². The molecule has 0 radical (unpaired) electrons. The van der Waals surface area contributed by atoms with Crippen molar-refractivity contribution in [1.82, 2.24) is 0 Å². The molecule has 1 aliphatic rings. The quantitative estimate of drug-likeness (QED) is 0.814. The van der Waals surface area contributed by atoms with Crippen LogP contribution in [0.15, 0.2) is 54.6 Å². The summed E-state index contributed by atoms with van der Waals surface area (Å²) in [7, 11) is 0. The van der Waals surface area contributed by atoms with Crippen LogP contribution in [0.2, 0.25) is 0 Å². The number of fused-ring (bicyclic) bond motifs is 1. The Morgan fingerprint density at radius 2 is 1.68 bits per heavy atom. The molecule has 4 nitrogen and oxygen atoms in total. The first-order valence-electron chi connectivity index (χ1n) is 8.12. The van der Waals surface area contributed by atoms with Crippen LogP contribution in [-0.4, -0.2) is 17.6 Å². The lowest BCUT2D eigenvalue weighted by molar-refractivity contribution is -0.129. The minimum absolute atomic E-state index is 0.136. The van der Waals surface area contributed by atoms with Gasteiger partial charge in [0, 0.05) is 12.0 Å². The van der Waals surface area contributed by atoms with Gasteiger partial charge in [-0.2, -0.15) is 0 Å². The van der Waals surface area contributed by atoms with E-state index in [9.17, 15) is 9.59 Å². The number of carbonyl (C=O) groups is 2. The van der Waals surface area contributed by atoms with Crippen LogP contribution >= 0.6 is 0 Å². The van der Waals surface area contributed by atoms with Crippen LogP contribution < -0.4 is 4.90 Å². The van der Waals surface area contributed by atoms with Crippen LogP contribution in [0.5, 0.6) is 0 Å². The second-order valence-electron chi connectivity index (χ2n) is 7.10. The Bertz CT molecular complexity index is 813. The largest absolute Gasteiger partial charge is 0.443 e. The van der Waals surface area contributed by atoms with E-state index in [4.69, 9.17) is 4.74 Å². The van der Waals surface area contributed by atoms with E-state index in [1.165, 1.54) is 0 Å². The predicted molar refractivity (Wildman–Crippen MR) is 93.1 cm³/mol. The molecule has 0 aromatic heterocycles. The van der Waals surface area contributed by atoms with Crippen molar-refractivity contribution >= 4 is 17.7 Å². The molecular weight excluding hydrogens is 321 g/mol. The Hall–Kier alpha value is -2.69. The summed E-state index contributed by atoms with van der Waals surface area (Å²) in [6.07, 6.45) is -0.999. The molecule has 0 unspecified atom stereocenters. The van der Waals surface area contributed by atoms with Gasteiger partial charge in [0.25, 0.3) is 5.91 Å². The summed E-state index contributed by atoms with van der Waals surface area (Å²) in [6, 6.07) is 15.3. The summed E-state index contributed by atoms with van der Waals surface area (Å²) in [5, 5.41) is 0. The normalized spacial score (nSPS) is 19.7. The summed E-state index contributed by atoms with van der Waals surface area (Å²) in [6.45, 7) is 5.10. The molecule has 0 saturated heterocycles. The molecule has 1 aliphatic heterocycles. The topological polar surface area (TPSA) is 46.6 Å². The van der Waals surface area contributed by atoms with Gasteiger partial charge in [0.15, 0.2) is 0 Å². The zero-order valence-electron chi connectivity index (χ0n) is 14.5. The zero-order valence-corrected chi connectivity index (χ0v) is 14.5. The number of para-hydroxylation sites is 1. The van der Waals surface area contributed by atoms with Gasteiger partial charge in [-0.05, 0) is 32.4 Å². The van der Waals surface area contributed by atoms with Gasteiger partial charge >= 0.3 is 6.09 Å². The molecule has 0 N–H and O–H groups in total.